The van der Waals surface area contributed by atoms with Crippen molar-refractivity contribution in [3.05, 3.63) is 34.7 Å². The predicted octanol–water partition coefficient (Wildman–Crippen LogP) is 4.39. The van der Waals surface area contributed by atoms with Crippen LogP contribution in [0.5, 0.6) is 0 Å². The van der Waals surface area contributed by atoms with E-state index in [-0.39, 0.29) is 0 Å². The summed E-state index contributed by atoms with van der Waals surface area (Å²) >= 11 is 3.25. The third kappa shape index (κ3) is 2.56. The minimum atomic E-state index is 0.485. The van der Waals surface area contributed by atoms with E-state index in [9.17, 15) is 0 Å². The van der Waals surface area contributed by atoms with Gasteiger partial charge in [-0.2, -0.15) is 4.98 Å². The fraction of sp³-hybridized carbons (Fsp3) is 0.200. The topological polar surface area (TPSA) is 64.9 Å². The predicted molar refractivity (Wildman–Crippen MR) is 88.7 cm³/mol. The molecule has 0 saturated heterocycles. The van der Waals surface area contributed by atoms with Gasteiger partial charge >= 0.3 is 0 Å². The first-order valence-corrected chi connectivity index (χ1v) is 8.48. The van der Waals surface area contributed by atoms with E-state index in [0.29, 0.717) is 11.7 Å². The maximum Gasteiger partial charge on any atom is 0.261 e. The maximum atomic E-state index is 6.05. The van der Waals surface area contributed by atoms with E-state index in [1.165, 1.54) is 9.77 Å². The van der Waals surface area contributed by atoms with E-state index >= 15 is 0 Å². The summed E-state index contributed by atoms with van der Waals surface area (Å²) in [5, 5.41) is 4.79. The maximum absolute atomic E-state index is 6.05. The number of nitrogens with two attached hydrogens (primary N) is 1. The van der Waals surface area contributed by atoms with Gasteiger partial charge in [-0.3, -0.25) is 0 Å². The molecule has 0 atom stereocenters. The number of rotatable bonds is 3. The third-order valence-electron chi connectivity index (χ3n) is 3.40. The molecule has 3 rings (SSSR count). The first-order chi connectivity index (χ1) is 10.1. The highest BCUT2D eigenvalue weighted by Gasteiger charge is 2.18. The molecule has 0 aliphatic heterocycles. The van der Waals surface area contributed by atoms with Crippen LogP contribution in [0.25, 0.3) is 22.8 Å². The van der Waals surface area contributed by atoms with Gasteiger partial charge in [-0.25, -0.2) is 0 Å². The summed E-state index contributed by atoms with van der Waals surface area (Å²) in [6.07, 6.45) is 2.05. The molecule has 4 nitrogen and oxygen atoms in total. The molecule has 0 spiro atoms. The van der Waals surface area contributed by atoms with E-state index in [2.05, 4.69) is 10.1 Å². The molecule has 0 fully saturated rings. The molecule has 2 aromatic heterocycles. The van der Waals surface area contributed by atoms with Crippen molar-refractivity contribution in [2.45, 2.75) is 18.7 Å². The lowest BCUT2D eigenvalue weighted by atomic mass is 10.1. The molecule has 1 aromatic carbocycles. The molecule has 21 heavy (non-hydrogen) atoms. The van der Waals surface area contributed by atoms with E-state index in [0.717, 1.165) is 21.7 Å². The van der Waals surface area contributed by atoms with Gasteiger partial charge in [0.05, 0.1) is 10.6 Å². The number of hydrogen-bond donors (Lipinski definition) is 1. The molecule has 0 amide bonds. The Morgan fingerprint density at radius 3 is 2.48 bits per heavy atom. The second kappa shape index (κ2) is 5.54. The summed E-state index contributed by atoms with van der Waals surface area (Å²) in [4.78, 5) is 6.86. The Morgan fingerprint density at radius 1 is 1.19 bits per heavy atom. The Labute approximate surface area is 131 Å². The fourth-order valence-electron chi connectivity index (χ4n) is 2.10. The highest BCUT2D eigenvalue weighted by Crippen LogP contribution is 2.37. The number of aryl methyl sites for hydroxylation is 1. The average molecular weight is 317 g/mol. The van der Waals surface area contributed by atoms with Crippen LogP contribution in [0.2, 0.25) is 0 Å². The van der Waals surface area contributed by atoms with Gasteiger partial charge in [-0.15, -0.1) is 23.1 Å². The molecule has 0 bridgehead atoms. The van der Waals surface area contributed by atoms with Crippen molar-refractivity contribution >= 4 is 28.1 Å². The summed E-state index contributed by atoms with van der Waals surface area (Å²) in [6.45, 7) is 4.06. The Hall–Kier alpha value is -1.79. The minimum Gasteiger partial charge on any atom is -0.390 e. The van der Waals surface area contributed by atoms with Crippen LogP contribution in [0.1, 0.15) is 10.4 Å². The molecule has 0 saturated carbocycles. The number of thiophene rings is 1. The van der Waals surface area contributed by atoms with Gasteiger partial charge < -0.3 is 10.3 Å². The quantitative estimate of drug-likeness (QED) is 0.726. The number of thioether (sulfide) groups is 1. The van der Waals surface area contributed by atoms with Crippen molar-refractivity contribution in [1.82, 2.24) is 10.1 Å². The second-order valence-electron chi connectivity index (χ2n) is 4.67. The van der Waals surface area contributed by atoms with Crippen molar-refractivity contribution < 1.29 is 4.52 Å². The van der Waals surface area contributed by atoms with Crippen LogP contribution in [0, 0.1) is 13.8 Å². The molecule has 0 radical (unpaired) electrons. The van der Waals surface area contributed by atoms with Crippen molar-refractivity contribution in [3.63, 3.8) is 0 Å². The van der Waals surface area contributed by atoms with Gasteiger partial charge in [0.2, 0.25) is 5.82 Å². The summed E-state index contributed by atoms with van der Waals surface area (Å²) in [6, 6.07) is 8.08. The minimum absolute atomic E-state index is 0.485. The number of nitrogen functional groups attached to an aromatic ring is 1. The highest BCUT2D eigenvalue weighted by molar-refractivity contribution is 7.98. The van der Waals surface area contributed by atoms with E-state index in [4.69, 9.17) is 10.3 Å². The fourth-order valence-corrected chi connectivity index (χ4v) is 3.44. The van der Waals surface area contributed by atoms with Crippen LogP contribution in [-0.2, 0) is 0 Å². The Kier molecular flexibility index (Phi) is 3.73. The van der Waals surface area contributed by atoms with Gasteiger partial charge in [0.15, 0.2) is 0 Å². The SMILES string of the molecule is CSc1ccc(-c2noc(-c3c(N)sc(C)c3C)n2)cc1. The van der Waals surface area contributed by atoms with E-state index < -0.39 is 0 Å². The number of hydrogen-bond acceptors (Lipinski definition) is 6. The lowest BCUT2D eigenvalue weighted by Gasteiger charge is -1.97. The summed E-state index contributed by atoms with van der Waals surface area (Å²) < 4.78 is 5.40. The van der Waals surface area contributed by atoms with Crippen molar-refractivity contribution in [2.75, 3.05) is 12.0 Å². The Balaban J connectivity index is 1.99. The van der Waals surface area contributed by atoms with Gasteiger partial charge in [0.25, 0.3) is 5.89 Å². The molecule has 2 N–H and O–H groups in total. The number of anilines is 1. The zero-order valence-electron chi connectivity index (χ0n) is 12.0. The Bertz CT molecular complexity index is 775. The van der Waals surface area contributed by atoms with Gasteiger partial charge in [-0.1, -0.05) is 5.16 Å². The smallest absolute Gasteiger partial charge is 0.261 e. The van der Waals surface area contributed by atoms with Crippen LogP contribution in [0.3, 0.4) is 0 Å². The average Bonchev–Trinajstić information content (AvgIpc) is 3.05. The van der Waals surface area contributed by atoms with Crippen LogP contribution in [0.15, 0.2) is 33.7 Å². The van der Waals surface area contributed by atoms with E-state index in [1.807, 2.05) is 44.4 Å². The molecule has 3 aromatic rings. The zero-order valence-corrected chi connectivity index (χ0v) is 13.6. The monoisotopic (exact) mass is 317 g/mol. The van der Waals surface area contributed by atoms with Crippen LogP contribution in [-0.4, -0.2) is 16.4 Å². The van der Waals surface area contributed by atoms with Crippen LogP contribution in [0.4, 0.5) is 5.00 Å². The van der Waals surface area contributed by atoms with Gasteiger partial charge in [0.1, 0.15) is 0 Å². The molecule has 2 heterocycles. The second-order valence-corrected chi connectivity index (χ2v) is 6.81. The Morgan fingerprint density at radius 2 is 1.90 bits per heavy atom. The summed E-state index contributed by atoms with van der Waals surface area (Å²) in [5.41, 5.74) is 8.94. The standard InChI is InChI=1S/C15H15N3OS2/c1-8-9(2)21-13(16)12(8)15-17-14(18-19-15)10-4-6-11(20-3)7-5-10/h4-7H,16H2,1-3H3. The molecular formula is C15H15N3OS2. The zero-order chi connectivity index (χ0) is 15.0. The molecule has 6 heteroatoms. The van der Waals surface area contributed by atoms with Crippen molar-refractivity contribution in [3.8, 4) is 22.8 Å². The molecular weight excluding hydrogens is 302 g/mol. The third-order valence-corrected chi connectivity index (χ3v) is 5.18. The molecule has 0 aliphatic carbocycles. The number of aromatic nitrogens is 2. The lowest BCUT2D eigenvalue weighted by molar-refractivity contribution is 0.432. The van der Waals surface area contributed by atoms with E-state index in [1.54, 1.807) is 23.1 Å². The van der Waals surface area contributed by atoms with Crippen molar-refractivity contribution in [2.24, 2.45) is 0 Å². The molecule has 0 unspecified atom stereocenters. The number of benzene rings is 1. The molecule has 108 valence electrons. The normalized spacial score (nSPS) is 11.0. The van der Waals surface area contributed by atoms with Gasteiger partial charge in [0, 0.05) is 15.3 Å². The first-order valence-electron chi connectivity index (χ1n) is 6.44. The van der Waals surface area contributed by atoms with Crippen molar-refractivity contribution in [1.29, 1.82) is 0 Å². The summed E-state index contributed by atoms with van der Waals surface area (Å²) in [5.74, 6) is 1.07. The van der Waals surface area contributed by atoms with Crippen LogP contribution < -0.4 is 5.73 Å². The van der Waals surface area contributed by atoms with Crippen LogP contribution >= 0.6 is 23.1 Å². The summed E-state index contributed by atoms with van der Waals surface area (Å²) in [7, 11) is 0. The highest BCUT2D eigenvalue weighted by atomic mass is 32.2. The largest absolute Gasteiger partial charge is 0.390 e. The number of nitrogens with zero attached hydrogens (tertiary/aromatic N) is 2. The first kappa shape index (κ1) is 14.2. The molecule has 0 aliphatic rings. The lowest BCUT2D eigenvalue weighted by Crippen LogP contribution is -1.86. The van der Waals surface area contributed by atoms with Gasteiger partial charge in [-0.05, 0) is 49.9 Å².